The lowest BCUT2D eigenvalue weighted by atomic mass is 9.92. The maximum atomic E-state index is 12.2. The quantitative estimate of drug-likeness (QED) is 0.200. The van der Waals surface area contributed by atoms with Gasteiger partial charge in [-0.15, -0.1) is 11.3 Å². The molecule has 9 heteroatoms. The second-order valence-electron chi connectivity index (χ2n) is 11.8. The number of fused-ring (bicyclic) bond motifs is 2. The number of halogens is 1. The molecule has 0 aliphatic carbocycles. The first kappa shape index (κ1) is 29.5. The van der Waals surface area contributed by atoms with Crippen LogP contribution in [0.15, 0.2) is 77.7 Å². The minimum absolute atomic E-state index is 0.0732. The summed E-state index contributed by atoms with van der Waals surface area (Å²) in [6.07, 6.45) is 1.60. The van der Waals surface area contributed by atoms with E-state index in [9.17, 15) is 14.7 Å². The molecule has 0 atom stereocenters. The Morgan fingerprint density at radius 1 is 1.02 bits per heavy atom. The molecule has 3 heterocycles. The number of ether oxygens (including phenoxy) is 1. The Hall–Kier alpha value is -4.53. The van der Waals surface area contributed by atoms with Crippen molar-refractivity contribution in [3.8, 4) is 38.7 Å². The Morgan fingerprint density at radius 3 is 2.55 bits per heavy atom. The van der Waals surface area contributed by atoms with Crippen molar-refractivity contribution >= 4 is 50.0 Å². The van der Waals surface area contributed by atoms with Gasteiger partial charge in [-0.25, -0.2) is 4.98 Å². The second kappa shape index (κ2) is 11.2. The summed E-state index contributed by atoms with van der Waals surface area (Å²) in [7, 11) is 1.76. The third kappa shape index (κ3) is 5.70. The second-order valence-corrected chi connectivity index (χ2v) is 13.2. The lowest BCUT2D eigenvalue weighted by Gasteiger charge is -2.24. The van der Waals surface area contributed by atoms with Gasteiger partial charge < -0.3 is 14.4 Å². The highest BCUT2D eigenvalue weighted by atomic mass is 35.5. The van der Waals surface area contributed by atoms with Crippen LogP contribution in [0.1, 0.15) is 31.9 Å². The largest absolute Gasteiger partial charge is 0.487 e. The zero-order valence-electron chi connectivity index (χ0n) is 24.9. The fraction of sp³-hybridized carbons (Fsp3) is 0.200. The molecule has 6 aromatic rings. The molecule has 44 heavy (non-hydrogen) atoms. The van der Waals surface area contributed by atoms with Gasteiger partial charge in [-0.1, -0.05) is 23.7 Å². The van der Waals surface area contributed by atoms with Crippen molar-refractivity contribution in [3.05, 3.63) is 99.4 Å². The van der Waals surface area contributed by atoms with E-state index in [4.69, 9.17) is 21.3 Å². The zero-order chi connectivity index (χ0) is 31.3. The van der Waals surface area contributed by atoms with Gasteiger partial charge in [0, 0.05) is 46.6 Å². The van der Waals surface area contributed by atoms with E-state index in [-0.39, 0.29) is 12.0 Å². The number of nitrogens with zero attached hydrogens (tertiary/aromatic N) is 3. The molecule has 0 unspecified atom stereocenters. The molecular weight excluding hydrogens is 594 g/mol. The number of hydrogen-bond donors (Lipinski definition) is 1. The number of carbonyl (C=O) groups is 1. The van der Waals surface area contributed by atoms with Crippen LogP contribution in [0.4, 0.5) is 0 Å². The maximum Gasteiger partial charge on any atom is 0.307 e. The van der Waals surface area contributed by atoms with Crippen LogP contribution in [0.5, 0.6) is 5.75 Å². The van der Waals surface area contributed by atoms with Gasteiger partial charge in [-0.3, -0.25) is 14.6 Å². The Morgan fingerprint density at radius 2 is 1.80 bits per heavy atom. The number of hydrogen-bond acceptors (Lipinski definition) is 6. The molecule has 6 rings (SSSR count). The van der Waals surface area contributed by atoms with Crippen LogP contribution in [0.25, 0.3) is 54.1 Å². The molecule has 0 saturated heterocycles. The van der Waals surface area contributed by atoms with E-state index in [0.717, 1.165) is 59.6 Å². The van der Waals surface area contributed by atoms with Crippen LogP contribution < -0.4 is 10.3 Å². The topological polar surface area (TPSA) is 94.3 Å². The number of rotatable bonds is 6. The van der Waals surface area contributed by atoms with Crippen molar-refractivity contribution in [1.82, 2.24) is 14.5 Å². The predicted octanol–water partition coefficient (Wildman–Crippen LogP) is 8.31. The molecule has 7 nitrogen and oxygen atoms in total. The highest BCUT2D eigenvalue weighted by Crippen LogP contribution is 2.45. The predicted molar refractivity (Wildman–Crippen MR) is 178 cm³/mol. The SMILES string of the molecule is Cc1cc2nc(-c3ccnc(-c4ccc5ccc(=O)n(C)c5c4)c3)sc2c(-c2ccc(Cl)cc2OC(C)(C)C)c1CC(=O)O. The van der Waals surface area contributed by atoms with E-state index in [2.05, 4.69) is 4.98 Å². The molecule has 0 aliphatic heterocycles. The summed E-state index contributed by atoms with van der Waals surface area (Å²) >= 11 is 7.90. The first-order chi connectivity index (χ1) is 20.9. The molecule has 3 aromatic carbocycles. The first-order valence-corrected chi connectivity index (χ1v) is 15.3. The van der Waals surface area contributed by atoms with Crippen molar-refractivity contribution in [2.45, 2.75) is 39.7 Å². The van der Waals surface area contributed by atoms with Gasteiger partial charge in [-0.2, -0.15) is 0 Å². The first-order valence-electron chi connectivity index (χ1n) is 14.1. The highest BCUT2D eigenvalue weighted by molar-refractivity contribution is 7.22. The number of aryl methyl sites for hydroxylation is 2. The van der Waals surface area contributed by atoms with Crippen molar-refractivity contribution in [2.75, 3.05) is 0 Å². The number of pyridine rings is 2. The van der Waals surface area contributed by atoms with Crippen LogP contribution in [0.3, 0.4) is 0 Å². The summed E-state index contributed by atoms with van der Waals surface area (Å²) in [6, 6.07) is 20.6. The summed E-state index contributed by atoms with van der Waals surface area (Å²) in [5, 5.41) is 12.1. The minimum Gasteiger partial charge on any atom is -0.487 e. The average molecular weight is 624 g/mol. The molecule has 0 bridgehead atoms. The Bertz CT molecular complexity index is 2160. The number of aromatic nitrogens is 3. The van der Waals surface area contributed by atoms with Crippen molar-refractivity contribution in [2.24, 2.45) is 7.05 Å². The minimum atomic E-state index is -0.919. The average Bonchev–Trinajstić information content (AvgIpc) is 3.38. The molecule has 3 aromatic heterocycles. The summed E-state index contributed by atoms with van der Waals surface area (Å²) in [6.45, 7) is 7.80. The molecule has 0 amide bonds. The fourth-order valence-electron chi connectivity index (χ4n) is 5.39. The van der Waals surface area contributed by atoms with Gasteiger partial charge in [0.15, 0.2) is 0 Å². The molecule has 1 N–H and O–H groups in total. The van der Waals surface area contributed by atoms with E-state index in [1.165, 1.54) is 11.3 Å². The molecular formula is C35H30ClN3O4S. The number of carboxylic acids is 1. The summed E-state index contributed by atoms with van der Waals surface area (Å²) in [5.74, 6) is -0.340. The van der Waals surface area contributed by atoms with Crippen molar-refractivity contribution in [3.63, 3.8) is 0 Å². The number of thiazole rings is 1. The molecule has 0 aliphatic rings. The van der Waals surface area contributed by atoms with Gasteiger partial charge >= 0.3 is 5.97 Å². The normalized spacial score (nSPS) is 11.8. The Labute approximate surface area is 263 Å². The number of benzene rings is 3. The van der Waals surface area contributed by atoms with E-state index in [1.807, 2.05) is 76.2 Å². The molecule has 0 spiro atoms. The number of aliphatic carboxylic acids is 1. The van der Waals surface area contributed by atoms with Gasteiger partial charge in [0.25, 0.3) is 5.56 Å². The van der Waals surface area contributed by atoms with Crippen LogP contribution in [0.2, 0.25) is 5.02 Å². The molecule has 0 fully saturated rings. The third-order valence-electron chi connectivity index (χ3n) is 7.40. The van der Waals surface area contributed by atoms with Crippen molar-refractivity contribution in [1.29, 1.82) is 0 Å². The van der Waals surface area contributed by atoms with Gasteiger partial charge in [0.05, 0.1) is 27.8 Å². The van der Waals surface area contributed by atoms with Crippen molar-refractivity contribution < 1.29 is 14.6 Å². The Balaban J connectivity index is 1.53. The smallest absolute Gasteiger partial charge is 0.307 e. The van der Waals surface area contributed by atoms with Gasteiger partial charge in [-0.05, 0) is 92.7 Å². The lowest BCUT2D eigenvalue weighted by Crippen LogP contribution is -2.23. The maximum absolute atomic E-state index is 12.2. The highest BCUT2D eigenvalue weighted by Gasteiger charge is 2.24. The van der Waals surface area contributed by atoms with Crippen LogP contribution in [-0.2, 0) is 18.3 Å². The van der Waals surface area contributed by atoms with Crippen LogP contribution in [0, 0.1) is 6.92 Å². The van der Waals surface area contributed by atoms with E-state index >= 15 is 0 Å². The van der Waals surface area contributed by atoms with E-state index in [0.29, 0.717) is 16.3 Å². The lowest BCUT2D eigenvalue weighted by molar-refractivity contribution is -0.136. The Kier molecular flexibility index (Phi) is 7.51. The van der Waals surface area contributed by atoms with E-state index in [1.54, 1.807) is 36.0 Å². The summed E-state index contributed by atoms with van der Waals surface area (Å²) in [4.78, 5) is 33.9. The van der Waals surface area contributed by atoms with Gasteiger partial charge in [0.1, 0.15) is 16.4 Å². The van der Waals surface area contributed by atoms with Crippen LogP contribution in [-0.4, -0.2) is 31.2 Å². The molecule has 0 radical (unpaired) electrons. The third-order valence-corrected chi connectivity index (χ3v) is 8.77. The molecule has 0 saturated carbocycles. The molecule has 222 valence electrons. The van der Waals surface area contributed by atoms with Gasteiger partial charge in [0.2, 0.25) is 0 Å². The zero-order valence-corrected chi connectivity index (χ0v) is 26.5. The van der Waals surface area contributed by atoms with Crippen LogP contribution >= 0.6 is 22.9 Å². The van der Waals surface area contributed by atoms with E-state index < -0.39 is 11.6 Å². The summed E-state index contributed by atoms with van der Waals surface area (Å²) in [5.41, 5.74) is 6.62. The number of carboxylic acid groups (broad SMARTS) is 1. The fourth-order valence-corrected chi connectivity index (χ4v) is 6.68. The standard InChI is InChI=1S/C35H30ClN3O4S/c1-19-14-27-33(32(25(19)18-31(41)42)24-10-9-23(36)17-29(24)43-35(2,3)4)44-34(38-27)22-12-13-37-26(15-22)21-7-6-20-8-11-30(40)39(5)28(20)16-21/h6-17H,18H2,1-5H3,(H,41,42). The monoisotopic (exact) mass is 623 g/mol. The summed E-state index contributed by atoms with van der Waals surface area (Å²) < 4.78 is 8.83.